The van der Waals surface area contributed by atoms with Gasteiger partial charge in [0.2, 0.25) is 0 Å². The second-order valence-electron chi connectivity index (χ2n) is 6.91. The van der Waals surface area contributed by atoms with Crippen molar-refractivity contribution in [1.82, 2.24) is 4.90 Å². The van der Waals surface area contributed by atoms with Crippen molar-refractivity contribution in [3.8, 4) is 5.75 Å². The van der Waals surface area contributed by atoms with Crippen LogP contribution in [0, 0.1) is 0 Å². The summed E-state index contributed by atoms with van der Waals surface area (Å²) < 4.78 is 6.95. The van der Waals surface area contributed by atoms with Gasteiger partial charge >= 0.3 is 0 Å². The van der Waals surface area contributed by atoms with E-state index in [-0.39, 0.29) is 5.41 Å². The number of likely N-dealkylation sites (N-methyl/N-ethyl adjacent to an activating group) is 1. The first-order valence-electron chi connectivity index (χ1n) is 9.08. The minimum Gasteiger partial charge on any atom is -0.490 e. The molecule has 2 nitrogen and oxygen atoms in total. The molecular formula is C23H26BrNO. The van der Waals surface area contributed by atoms with Gasteiger partial charge in [-0.05, 0) is 55.3 Å². The molecule has 26 heavy (non-hydrogen) atoms. The van der Waals surface area contributed by atoms with Crippen LogP contribution in [0.5, 0.6) is 5.75 Å². The van der Waals surface area contributed by atoms with Gasteiger partial charge in [0.25, 0.3) is 0 Å². The maximum absolute atomic E-state index is 5.83. The Morgan fingerprint density at radius 3 is 2.19 bits per heavy atom. The molecule has 1 fully saturated rings. The Hall–Kier alpha value is -1.84. The number of halogens is 1. The van der Waals surface area contributed by atoms with E-state index >= 15 is 0 Å². The smallest absolute Gasteiger partial charge is 0.119 e. The lowest BCUT2D eigenvalue weighted by Crippen LogP contribution is -2.17. The van der Waals surface area contributed by atoms with Crippen molar-refractivity contribution in [1.29, 1.82) is 0 Å². The zero-order valence-corrected chi connectivity index (χ0v) is 16.9. The molecule has 0 saturated heterocycles. The SMILES string of the molecule is C=CCN(C)CC=CCOc1ccc(C2(c3ccc(Br)cc3)CC2)cc1. The van der Waals surface area contributed by atoms with E-state index in [0.29, 0.717) is 6.61 Å². The fraction of sp³-hybridized carbons (Fsp3) is 0.304. The predicted octanol–water partition coefficient (Wildman–Crippen LogP) is 5.58. The van der Waals surface area contributed by atoms with Gasteiger partial charge in [-0.2, -0.15) is 0 Å². The van der Waals surface area contributed by atoms with Crippen molar-refractivity contribution in [2.45, 2.75) is 18.3 Å². The Morgan fingerprint density at radius 1 is 1.00 bits per heavy atom. The molecule has 2 aromatic carbocycles. The third-order valence-corrected chi connectivity index (χ3v) is 5.45. The first-order chi connectivity index (χ1) is 12.6. The van der Waals surface area contributed by atoms with Crippen molar-refractivity contribution in [3.63, 3.8) is 0 Å². The van der Waals surface area contributed by atoms with Crippen LogP contribution in [0.15, 0.2) is 77.8 Å². The largest absolute Gasteiger partial charge is 0.490 e. The van der Waals surface area contributed by atoms with Crippen LogP contribution >= 0.6 is 15.9 Å². The molecule has 3 heteroatoms. The summed E-state index contributed by atoms with van der Waals surface area (Å²) in [5.41, 5.74) is 2.99. The van der Waals surface area contributed by atoms with Crippen LogP contribution < -0.4 is 4.74 Å². The lowest BCUT2D eigenvalue weighted by molar-refractivity contribution is 0.360. The lowest BCUT2D eigenvalue weighted by atomic mass is 9.88. The molecule has 0 aromatic heterocycles. The van der Waals surface area contributed by atoms with Crippen LogP contribution in [0.2, 0.25) is 0 Å². The third-order valence-electron chi connectivity index (χ3n) is 4.92. The quantitative estimate of drug-likeness (QED) is 0.499. The molecule has 0 radical (unpaired) electrons. The summed E-state index contributed by atoms with van der Waals surface area (Å²) in [6.07, 6.45) is 8.54. The summed E-state index contributed by atoms with van der Waals surface area (Å²) in [5, 5.41) is 0. The molecule has 1 saturated carbocycles. The van der Waals surface area contributed by atoms with Crippen LogP contribution in [0.25, 0.3) is 0 Å². The van der Waals surface area contributed by atoms with Gasteiger partial charge in [0.05, 0.1) is 0 Å². The molecule has 0 bridgehead atoms. The van der Waals surface area contributed by atoms with E-state index in [0.717, 1.165) is 23.3 Å². The zero-order chi connectivity index (χ0) is 18.4. The number of hydrogen-bond acceptors (Lipinski definition) is 2. The number of benzene rings is 2. The third kappa shape index (κ3) is 4.66. The van der Waals surface area contributed by atoms with Gasteiger partial charge in [0, 0.05) is 23.0 Å². The zero-order valence-electron chi connectivity index (χ0n) is 15.3. The van der Waals surface area contributed by atoms with Gasteiger partial charge in [0.1, 0.15) is 12.4 Å². The minimum absolute atomic E-state index is 0.203. The van der Waals surface area contributed by atoms with E-state index in [4.69, 9.17) is 4.74 Å². The molecule has 136 valence electrons. The fourth-order valence-corrected chi connectivity index (χ4v) is 3.53. The Balaban J connectivity index is 1.55. The van der Waals surface area contributed by atoms with E-state index in [1.807, 2.05) is 6.08 Å². The topological polar surface area (TPSA) is 12.5 Å². The van der Waals surface area contributed by atoms with Crippen molar-refractivity contribution < 1.29 is 4.74 Å². The average molecular weight is 412 g/mol. The van der Waals surface area contributed by atoms with Crippen LogP contribution in [0.4, 0.5) is 0 Å². The molecule has 0 amide bonds. The normalized spacial score (nSPS) is 15.3. The fourth-order valence-electron chi connectivity index (χ4n) is 3.27. The summed E-state index contributed by atoms with van der Waals surface area (Å²) in [4.78, 5) is 2.19. The summed E-state index contributed by atoms with van der Waals surface area (Å²) >= 11 is 3.52. The summed E-state index contributed by atoms with van der Waals surface area (Å²) in [6, 6.07) is 17.3. The Bertz CT molecular complexity index is 745. The van der Waals surface area contributed by atoms with Crippen molar-refractivity contribution in [2.75, 3.05) is 26.7 Å². The van der Waals surface area contributed by atoms with E-state index < -0.39 is 0 Å². The number of nitrogens with zero attached hydrogens (tertiary/aromatic N) is 1. The van der Waals surface area contributed by atoms with Gasteiger partial charge in [-0.1, -0.05) is 58.4 Å². The first kappa shape index (κ1) is 18.9. The summed E-state index contributed by atoms with van der Waals surface area (Å²) in [6.45, 7) is 6.14. The maximum Gasteiger partial charge on any atom is 0.119 e. The molecule has 0 unspecified atom stereocenters. The predicted molar refractivity (Wildman–Crippen MR) is 113 cm³/mol. The highest BCUT2D eigenvalue weighted by molar-refractivity contribution is 9.10. The highest BCUT2D eigenvalue weighted by Gasteiger charge is 2.45. The molecule has 2 aromatic rings. The van der Waals surface area contributed by atoms with Gasteiger partial charge < -0.3 is 4.74 Å². The van der Waals surface area contributed by atoms with Crippen LogP contribution in [-0.2, 0) is 5.41 Å². The van der Waals surface area contributed by atoms with Gasteiger partial charge in [-0.15, -0.1) is 6.58 Å². The Labute approximate surface area is 165 Å². The lowest BCUT2D eigenvalue weighted by Gasteiger charge is -2.17. The Kier molecular flexibility index (Phi) is 6.33. The highest BCUT2D eigenvalue weighted by atomic mass is 79.9. The van der Waals surface area contributed by atoms with Crippen LogP contribution in [0.1, 0.15) is 24.0 Å². The summed E-state index contributed by atoms with van der Waals surface area (Å²) in [7, 11) is 2.07. The number of rotatable bonds is 9. The van der Waals surface area contributed by atoms with Crippen LogP contribution in [0.3, 0.4) is 0 Å². The average Bonchev–Trinajstić information content (AvgIpc) is 3.45. The number of hydrogen-bond donors (Lipinski definition) is 0. The second kappa shape index (κ2) is 8.70. The van der Waals surface area contributed by atoms with E-state index in [9.17, 15) is 0 Å². The standard InChI is InChI=1S/C23H26BrNO/c1-3-16-25(2)17-4-5-18-26-22-12-8-20(9-13-22)23(14-15-23)19-6-10-21(24)11-7-19/h3-13H,1,14-18H2,2H3. The number of ether oxygens (including phenoxy) is 1. The van der Waals surface area contributed by atoms with Gasteiger partial charge in [0.15, 0.2) is 0 Å². The Morgan fingerprint density at radius 2 is 1.62 bits per heavy atom. The highest BCUT2D eigenvalue weighted by Crippen LogP contribution is 2.53. The molecule has 0 N–H and O–H groups in total. The maximum atomic E-state index is 5.83. The summed E-state index contributed by atoms with van der Waals surface area (Å²) in [5.74, 6) is 0.921. The monoisotopic (exact) mass is 411 g/mol. The molecule has 1 aliphatic rings. The van der Waals surface area contributed by atoms with Gasteiger partial charge in [-0.25, -0.2) is 0 Å². The van der Waals surface area contributed by atoms with Crippen molar-refractivity contribution in [2.24, 2.45) is 0 Å². The van der Waals surface area contributed by atoms with Crippen LogP contribution in [-0.4, -0.2) is 31.6 Å². The molecule has 1 aliphatic carbocycles. The second-order valence-corrected chi connectivity index (χ2v) is 7.82. The molecular weight excluding hydrogens is 386 g/mol. The molecule has 0 atom stereocenters. The molecule has 3 rings (SSSR count). The minimum atomic E-state index is 0.203. The first-order valence-corrected chi connectivity index (χ1v) is 9.87. The van der Waals surface area contributed by atoms with Crippen molar-refractivity contribution >= 4 is 15.9 Å². The van der Waals surface area contributed by atoms with E-state index in [1.165, 1.54) is 24.0 Å². The molecule has 0 spiro atoms. The molecule has 0 heterocycles. The van der Waals surface area contributed by atoms with Crippen molar-refractivity contribution in [3.05, 3.63) is 88.9 Å². The van der Waals surface area contributed by atoms with E-state index in [2.05, 4.69) is 95.1 Å². The van der Waals surface area contributed by atoms with Gasteiger partial charge in [-0.3, -0.25) is 4.90 Å². The van der Waals surface area contributed by atoms with E-state index in [1.54, 1.807) is 0 Å². The molecule has 0 aliphatic heterocycles.